The summed E-state index contributed by atoms with van der Waals surface area (Å²) in [5.74, 6) is 0.0586. The highest BCUT2D eigenvalue weighted by atomic mass is 32.2. The van der Waals surface area contributed by atoms with Crippen LogP contribution in [0.5, 0.6) is 0 Å². The van der Waals surface area contributed by atoms with Crippen molar-refractivity contribution in [1.82, 2.24) is 19.9 Å². The maximum atomic E-state index is 12.0. The van der Waals surface area contributed by atoms with Gasteiger partial charge in [0, 0.05) is 18.1 Å². The lowest BCUT2D eigenvalue weighted by molar-refractivity contribution is -0.113. The number of thioether (sulfide) groups is 1. The standard InChI is InChI=1S/C14H13N5O2S/c1-8-5-10-11(19-13(21)18-10)6-9(8)17-12(20)7-22-14-15-3-2-4-16-14/h2-6H,7H2,1H3,(H,17,20)(H2,18,19,21). The van der Waals surface area contributed by atoms with E-state index >= 15 is 0 Å². The lowest BCUT2D eigenvalue weighted by Gasteiger charge is -2.08. The second kappa shape index (κ2) is 6.02. The van der Waals surface area contributed by atoms with Crippen LogP contribution in [0, 0.1) is 6.92 Å². The van der Waals surface area contributed by atoms with Gasteiger partial charge in [0.2, 0.25) is 5.91 Å². The SMILES string of the molecule is Cc1cc2[nH]c(=O)[nH]c2cc1NC(=O)CSc1ncccn1. The Morgan fingerprint density at radius 2 is 1.91 bits per heavy atom. The largest absolute Gasteiger partial charge is 0.325 e. The number of carbonyl (C=O) groups excluding carboxylic acids is 1. The Labute approximate surface area is 129 Å². The van der Waals surface area contributed by atoms with Crippen molar-refractivity contribution in [2.75, 3.05) is 11.1 Å². The second-order valence-electron chi connectivity index (χ2n) is 4.66. The van der Waals surface area contributed by atoms with Gasteiger partial charge in [-0.05, 0) is 30.7 Å². The molecule has 0 aliphatic heterocycles. The van der Waals surface area contributed by atoms with E-state index in [1.165, 1.54) is 11.8 Å². The van der Waals surface area contributed by atoms with Crippen LogP contribution in [-0.4, -0.2) is 31.6 Å². The molecule has 0 atom stereocenters. The number of fused-ring (bicyclic) bond motifs is 1. The lowest BCUT2D eigenvalue weighted by atomic mass is 10.2. The van der Waals surface area contributed by atoms with E-state index in [0.717, 1.165) is 5.56 Å². The van der Waals surface area contributed by atoms with E-state index in [-0.39, 0.29) is 17.3 Å². The molecule has 2 heterocycles. The Kier molecular flexibility index (Phi) is 3.92. The molecule has 0 fully saturated rings. The van der Waals surface area contributed by atoms with Gasteiger partial charge in [0.15, 0.2) is 5.16 Å². The molecule has 0 aliphatic rings. The molecule has 3 N–H and O–H groups in total. The molecule has 0 unspecified atom stereocenters. The van der Waals surface area contributed by atoms with Gasteiger partial charge in [0.25, 0.3) is 0 Å². The number of hydrogen-bond acceptors (Lipinski definition) is 5. The molecule has 0 saturated carbocycles. The minimum atomic E-state index is -0.269. The van der Waals surface area contributed by atoms with Crippen molar-refractivity contribution < 1.29 is 4.79 Å². The van der Waals surface area contributed by atoms with Gasteiger partial charge in [0.1, 0.15) is 0 Å². The predicted octanol–water partition coefficient (Wildman–Crippen LogP) is 1.69. The normalized spacial score (nSPS) is 10.8. The molecule has 22 heavy (non-hydrogen) atoms. The van der Waals surface area contributed by atoms with Crippen LogP contribution in [0.2, 0.25) is 0 Å². The number of H-pyrrole nitrogens is 2. The van der Waals surface area contributed by atoms with Gasteiger partial charge < -0.3 is 15.3 Å². The number of imidazole rings is 1. The van der Waals surface area contributed by atoms with Crippen molar-refractivity contribution in [3.05, 3.63) is 46.6 Å². The molecule has 3 aromatic rings. The number of hydrogen-bond donors (Lipinski definition) is 3. The van der Waals surface area contributed by atoms with E-state index in [1.807, 2.05) is 13.0 Å². The molecule has 0 bridgehead atoms. The van der Waals surface area contributed by atoms with E-state index in [2.05, 4.69) is 25.3 Å². The molecule has 3 rings (SSSR count). The summed E-state index contributed by atoms with van der Waals surface area (Å²) in [7, 11) is 0. The van der Waals surface area contributed by atoms with Crippen LogP contribution in [-0.2, 0) is 4.79 Å². The van der Waals surface area contributed by atoms with E-state index < -0.39 is 0 Å². The lowest BCUT2D eigenvalue weighted by Crippen LogP contribution is -2.15. The smallest absolute Gasteiger partial charge is 0.323 e. The minimum Gasteiger partial charge on any atom is -0.325 e. The highest BCUT2D eigenvalue weighted by molar-refractivity contribution is 7.99. The third kappa shape index (κ3) is 3.17. The summed E-state index contributed by atoms with van der Waals surface area (Å²) < 4.78 is 0. The molecule has 0 spiro atoms. The van der Waals surface area contributed by atoms with Crippen molar-refractivity contribution in [2.24, 2.45) is 0 Å². The zero-order valence-electron chi connectivity index (χ0n) is 11.7. The minimum absolute atomic E-state index is 0.155. The zero-order chi connectivity index (χ0) is 15.5. The number of rotatable bonds is 4. The summed E-state index contributed by atoms with van der Waals surface area (Å²) in [6, 6.07) is 5.28. The Balaban J connectivity index is 1.71. The first-order valence-electron chi connectivity index (χ1n) is 6.54. The van der Waals surface area contributed by atoms with E-state index in [9.17, 15) is 9.59 Å². The number of amides is 1. The van der Waals surface area contributed by atoms with Gasteiger partial charge in [-0.3, -0.25) is 4.79 Å². The molecular formula is C14H13N5O2S. The van der Waals surface area contributed by atoms with Crippen molar-refractivity contribution in [3.63, 3.8) is 0 Å². The van der Waals surface area contributed by atoms with E-state index in [0.29, 0.717) is 21.9 Å². The maximum Gasteiger partial charge on any atom is 0.323 e. The number of carbonyl (C=O) groups is 1. The fraction of sp³-hybridized carbons (Fsp3) is 0.143. The number of nitrogens with one attached hydrogen (secondary N) is 3. The van der Waals surface area contributed by atoms with Crippen molar-refractivity contribution in [2.45, 2.75) is 12.1 Å². The molecule has 7 nitrogen and oxygen atoms in total. The summed E-state index contributed by atoms with van der Waals surface area (Å²) in [4.78, 5) is 36.7. The third-order valence-corrected chi connectivity index (χ3v) is 3.89. The quantitative estimate of drug-likeness (QED) is 0.502. The Hall–Kier alpha value is -2.61. The van der Waals surface area contributed by atoms with Gasteiger partial charge in [-0.2, -0.15) is 0 Å². The molecule has 1 aromatic carbocycles. The summed E-state index contributed by atoms with van der Waals surface area (Å²) in [6.45, 7) is 1.87. The Morgan fingerprint density at radius 1 is 1.23 bits per heavy atom. The molecule has 1 amide bonds. The maximum absolute atomic E-state index is 12.0. The Morgan fingerprint density at radius 3 is 2.64 bits per heavy atom. The van der Waals surface area contributed by atoms with Crippen molar-refractivity contribution in [1.29, 1.82) is 0 Å². The number of aryl methyl sites for hydroxylation is 1. The van der Waals surface area contributed by atoms with Gasteiger partial charge in [-0.1, -0.05) is 11.8 Å². The van der Waals surface area contributed by atoms with Crippen LogP contribution < -0.4 is 11.0 Å². The summed E-state index contributed by atoms with van der Waals surface area (Å²) >= 11 is 1.26. The summed E-state index contributed by atoms with van der Waals surface area (Å²) in [6.07, 6.45) is 3.27. The topological polar surface area (TPSA) is 104 Å². The van der Waals surface area contributed by atoms with Gasteiger partial charge in [0.05, 0.1) is 16.8 Å². The van der Waals surface area contributed by atoms with Crippen LogP contribution in [0.25, 0.3) is 11.0 Å². The van der Waals surface area contributed by atoms with Crippen LogP contribution in [0.3, 0.4) is 0 Å². The van der Waals surface area contributed by atoms with Crippen molar-refractivity contribution in [3.8, 4) is 0 Å². The van der Waals surface area contributed by atoms with Gasteiger partial charge in [-0.25, -0.2) is 14.8 Å². The van der Waals surface area contributed by atoms with Crippen LogP contribution in [0.15, 0.2) is 40.5 Å². The summed E-state index contributed by atoms with van der Waals surface area (Å²) in [5, 5.41) is 3.39. The number of nitrogens with zero attached hydrogens (tertiary/aromatic N) is 2. The van der Waals surface area contributed by atoms with E-state index in [1.54, 1.807) is 24.5 Å². The fourth-order valence-corrected chi connectivity index (χ4v) is 2.60. The number of aromatic amines is 2. The van der Waals surface area contributed by atoms with Crippen molar-refractivity contribution >= 4 is 34.4 Å². The first kappa shape index (κ1) is 14.3. The molecule has 8 heteroatoms. The molecule has 112 valence electrons. The second-order valence-corrected chi connectivity index (χ2v) is 5.60. The van der Waals surface area contributed by atoms with Gasteiger partial charge >= 0.3 is 5.69 Å². The fourth-order valence-electron chi connectivity index (χ4n) is 2.00. The van der Waals surface area contributed by atoms with E-state index in [4.69, 9.17) is 0 Å². The van der Waals surface area contributed by atoms with Crippen LogP contribution in [0.1, 0.15) is 5.56 Å². The average Bonchev–Trinajstić information content (AvgIpc) is 2.85. The number of benzene rings is 1. The predicted molar refractivity (Wildman–Crippen MR) is 85.0 cm³/mol. The molecule has 2 aromatic heterocycles. The van der Waals surface area contributed by atoms with Crippen LogP contribution >= 0.6 is 11.8 Å². The molecular weight excluding hydrogens is 302 g/mol. The first-order chi connectivity index (χ1) is 10.6. The first-order valence-corrected chi connectivity index (χ1v) is 7.53. The summed E-state index contributed by atoms with van der Waals surface area (Å²) in [5.41, 5.74) is 2.64. The highest BCUT2D eigenvalue weighted by Crippen LogP contribution is 2.21. The highest BCUT2D eigenvalue weighted by Gasteiger charge is 2.09. The molecule has 0 saturated heterocycles. The number of anilines is 1. The average molecular weight is 315 g/mol. The molecule has 0 radical (unpaired) electrons. The van der Waals surface area contributed by atoms with Crippen LogP contribution in [0.4, 0.5) is 5.69 Å². The monoisotopic (exact) mass is 315 g/mol. The number of aromatic nitrogens is 4. The zero-order valence-corrected chi connectivity index (χ0v) is 12.5. The Bertz CT molecular complexity index is 872. The third-order valence-electron chi connectivity index (χ3n) is 3.01. The van der Waals surface area contributed by atoms with Gasteiger partial charge in [-0.15, -0.1) is 0 Å². The molecule has 0 aliphatic carbocycles.